The Morgan fingerprint density at radius 2 is 1.50 bits per heavy atom. The van der Waals surface area contributed by atoms with Crippen LogP contribution >= 0.6 is 0 Å². The SMILES string of the molecule is CCCCCCCCS(=O)(=O)ON1C(=O)C2=C(C1=O)C1CCC2C1. The number of rotatable bonds is 9. The van der Waals surface area contributed by atoms with Crippen molar-refractivity contribution in [2.75, 3.05) is 5.75 Å². The largest absolute Gasteiger partial charge is 0.288 e. The average molecular weight is 355 g/mol. The predicted octanol–water partition coefficient (Wildman–Crippen LogP) is 2.70. The molecule has 0 radical (unpaired) electrons. The number of imide groups is 1. The van der Waals surface area contributed by atoms with Crippen LogP contribution in [0.4, 0.5) is 0 Å². The molecule has 0 aromatic carbocycles. The van der Waals surface area contributed by atoms with Gasteiger partial charge in [0.15, 0.2) is 0 Å². The van der Waals surface area contributed by atoms with Crippen molar-refractivity contribution in [3.63, 3.8) is 0 Å². The van der Waals surface area contributed by atoms with Crippen LogP contribution in [0.2, 0.25) is 0 Å². The lowest BCUT2D eigenvalue weighted by Gasteiger charge is -2.16. The summed E-state index contributed by atoms with van der Waals surface area (Å²) >= 11 is 0. The maximum absolute atomic E-state index is 12.4. The number of unbranched alkanes of at least 4 members (excludes halogenated alkanes) is 5. The van der Waals surface area contributed by atoms with Crippen molar-refractivity contribution in [1.29, 1.82) is 0 Å². The normalized spacial score (nSPS) is 26.0. The lowest BCUT2D eigenvalue weighted by molar-refractivity contribution is -0.163. The van der Waals surface area contributed by atoms with Gasteiger partial charge in [0.25, 0.3) is 21.9 Å². The number of amides is 2. The van der Waals surface area contributed by atoms with Gasteiger partial charge in [-0.05, 0) is 37.5 Å². The maximum Gasteiger partial charge on any atom is 0.288 e. The van der Waals surface area contributed by atoms with E-state index in [1.165, 1.54) is 0 Å². The van der Waals surface area contributed by atoms with E-state index >= 15 is 0 Å². The van der Waals surface area contributed by atoms with Crippen molar-refractivity contribution < 1.29 is 22.3 Å². The zero-order valence-corrected chi connectivity index (χ0v) is 14.9. The Labute approximate surface area is 143 Å². The lowest BCUT2D eigenvalue weighted by atomic mass is 9.93. The summed E-state index contributed by atoms with van der Waals surface area (Å²) in [4.78, 5) is 24.7. The fourth-order valence-corrected chi connectivity index (χ4v) is 5.11. The van der Waals surface area contributed by atoms with Crippen LogP contribution in [0, 0.1) is 11.8 Å². The van der Waals surface area contributed by atoms with E-state index < -0.39 is 21.9 Å². The first kappa shape index (κ1) is 17.6. The average Bonchev–Trinajstić information content (AvgIpc) is 3.21. The van der Waals surface area contributed by atoms with Gasteiger partial charge in [0.05, 0.1) is 5.75 Å². The highest BCUT2D eigenvalue weighted by Crippen LogP contribution is 2.52. The molecule has 1 fully saturated rings. The van der Waals surface area contributed by atoms with E-state index in [4.69, 9.17) is 4.28 Å². The topological polar surface area (TPSA) is 80.8 Å². The molecule has 0 aromatic rings. The second-order valence-electron chi connectivity index (χ2n) is 7.04. The van der Waals surface area contributed by atoms with E-state index in [9.17, 15) is 18.0 Å². The summed E-state index contributed by atoms with van der Waals surface area (Å²) in [7, 11) is -3.91. The van der Waals surface area contributed by atoms with Crippen molar-refractivity contribution in [1.82, 2.24) is 5.06 Å². The molecule has 24 heavy (non-hydrogen) atoms. The molecule has 6 nitrogen and oxygen atoms in total. The van der Waals surface area contributed by atoms with Gasteiger partial charge in [-0.2, -0.15) is 8.42 Å². The molecular weight excluding hydrogens is 330 g/mol. The Morgan fingerprint density at radius 1 is 0.958 bits per heavy atom. The molecule has 1 aliphatic heterocycles. The molecule has 2 amide bonds. The van der Waals surface area contributed by atoms with Crippen LogP contribution < -0.4 is 0 Å². The van der Waals surface area contributed by atoms with E-state index in [0.717, 1.165) is 51.4 Å². The molecule has 134 valence electrons. The molecule has 0 N–H and O–H groups in total. The van der Waals surface area contributed by atoms with Crippen LogP contribution in [0.5, 0.6) is 0 Å². The smallest absolute Gasteiger partial charge is 0.267 e. The van der Waals surface area contributed by atoms with Gasteiger partial charge in [-0.15, -0.1) is 9.35 Å². The summed E-state index contributed by atoms with van der Waals surface area (Å²) in [6.07, 6.45) is 8.33. The number of fused-ring (bicyclic) bond motifs is 4. The summed E-state index contributed by atoms with van der Waals surface area (Å²) < 4.78 is 29.0. The van der Waals surface area contributed by atoms with Gasteiger partial charge >= 0.3 is 0 Å². The Balaban J connectivity index is 1.53. The van der Waals surface area contributed by atoms with Gasteiger partial charge in [0, 0.05) is 11.1 Å². The number of carbonyl (C=O) groups excluding carboxylic acids is 2. The van der Waals surface area contributed by atoms with Crippen LogP contribution in [-0.2, 0) is 24.0 Å². The summed E-state index contributed by atoms with van der Waals surface area (Å²) in [6, 6.07) is 0. The number of hydrogen-bond acceptors (Lipinski definition) is 5. The molecule has 2 bridgehead atoms. The highest BCUT2D eigenvalue weighted by Gasteiger charge is 2.53. The van der Waals surface area contributed by atoms with Gasteiger partial charge < -0.3 is 0 Å². The third kappa shape index (κ3) is 3.28. The van der Waals surface area contributed by atoms with Gasteiger partial charge in [-0.25, -0.2) is 0 Å². The zero-order chi connectivity index (χ0) is 17.3. The second-order valence-corrected chi connectivity index (χ2v) is 8.72. The molecular formula is C17H25NO5S. The molecule has 7 heteroatoms. The second kappa shape index (κ2) is 6.96. The Morgan fingerprint density at radius 3 is 2.08 bits per heavy atom. The van der Waals surface area contributed by atoms with E-state index in [1.807, 2.05) is 0 Å². The summed E-state index contributed by atoms with van der Waals surface area (Å²) in [5, 5.41) is 0.488. The molecule has 3 rings (SSSR count). The van der Waals surface area contributed by atoms with Crippen molar-refractivity contribution >= 4 is 21.9 Å². The predicted molar refractivity (Wildman–Crippen MR) is 88.0 cm³/mol. The fraction of sp³-hybridized carbons (Fsp3) is 0.765. The Bertz CT molecular complexity index is 634. The van der Waals surface area contributed by atoms with E-state index in [-0.39, 0.29) is 17.6 Å². The monoisotopic (exact) mass is 355 g/mol. The zero-order valence-electron chi connectivity index (χ0n) is 14.1. The van der Waals surface area contributed by atoms with E-state index in [2.05, 4.69) is 6.92 Å². The summed E-state index contributed by atoms with van der Waals surface area (Å²) in [5.41, 5.74) is 1.01. The highest BCUT2D eigenvalue weighted by molar-refractivity contribution is 7.86. The van der Waals surface area contributed by atoms with Crippen molar-refractivity contribution in [3.05, 3.63) is 11.1 Å². The first-order valence-corrected chi connectivity index (χ1v) is 10.6. The van der Waals surface area contributed by atoms with Gasteiger partial charge in [-0.3, -0.25) is 9.59 Å². The minimum atomic E-state index is -3.91. The van der Waals surface area contributed by atoms with Gasteiger partial charge in [-0.1, -0.05) is 39.0 Å². The van der Waals surface area contributed by atoms with E-state index in [1.54, 1.807) is 0 Å². The van der Waals surface area contributed by atoms with Gasteiger partial charge in [0.2, 0.25) is 0 Å². The quantitative estimate of drug-likeness (QED) is 0.469. The number of nitrogens with zero attached hydrogens (tertiary/aromatic N) is 1. The molecule has 3 aliphatic rings. The first-order chi connectivity index (χ1) is 11.4. The van der Waals surface area contributed by atoms with E-state index in [0.29, 0.717) is 22.6 Å². The van der Waals surface area contributed by atoms with Crippen LogP contribution in [0.1, 0.15) is 64.7 Å². The minimum absolute atomic E-state index is 0.108. The molecule has 0 saturated heterocycles. The molecule has 1 saturated carbocycles. The molecule has 0 aromatic heterocycles. The number of hydroxylamine groups is 2. The highest BCUT2D eigenvalue weighted by atomic mass is 32.2. The van der Waals surface area contributed by atoms with Crippen LogP contribution in [0.15, 0.2) is 11.1 Å². The third-order valence-corrected chi connectivity index (χ3v) is 6.47. The van der Waals surface area contributed by atoms with Crippen molar-refractivity contribution in [2.24, 2.45) is 11.8 Å². The van der Waals surface area contributed by atoms with Crippen LogP contribution in [0.25, 0.3) is 0 Å². The first-order valence-electron chi connectivity index (χ1n) is 8.99. The maximum atomic E-state index is 12.4. The standard InChI is InChI=1S/C17H25NO5S/c1-2-3-4-5-6-7-10-24(21,22)23-18-16(19)14-12-8-9-13(11-12)15(14)17(18)20/h12-13H,2-11H2,1H3. The molecule has 1 heterocycles. The lowest BCUT2D eigenvalue weighted by Crippen LogP contribution is -2.36. The fourth-order valence-electron chi connectivity index (χ4n) is 4.11. The summed E-state index contributed by atoms with van der Waals surface area (Å²) in [5.74, 6) is -1.07. The Kier molecular flexibility index (Phi) is 5.11. The number of carbonyl (C=O) groups is 2. The molecule has 2 aliphatic carbocycles. The van der Waals surface area contributed by atoms with Crippen molar-refractivity contribution in [3.8, 4) is 0 Å². The third-order valence-electron chi connectivity index (χ3n) is 5.31. The summed E-state index contributed by atoms with van der Waals surface area (Å²) in [6.45, 7) is 2.12. The minimum Gasteiger partial charge on any atom is -0.267 e. The Hall–Kier alpha value is -1.21. The molecule has 2 atom stereocenters. The molecule has 0 spiro atoms. The van der Waals surface area contributed by atoms with Crippen molar-refractivity contribution in [2.45, 2.75) is 64.7 Å². The van der Waals surface area contributed by atoms with Crippen LogP contribution in [-0.4, -0.2) is 31.0 Å². The number of hydrogen-bond donors (Lipinski definition) is 0. The van der Waals surface area contributed by atoms with Gasteiger partial charge in [0.1, 0.15) is 0 Å². The molecule has 2 unspecified atom stereocenters. The van der Waals surface area contributed by atoms with Crippen LogP contribution in [0.3, 0.4) is 0 Å².